The van der Waals surface area contributed by atoms with Gasteiger partial charge in [0.1, 0.15) is 5.69 Å². The van der Waals surface area contributed by atoms with E-state index in [1.54, 1.807) is 17.8 Å². The summed E-state index contributed by atoms with van der Waals surface area (Å²) in [5.41, 5.74) is 0.184. The SMILES string of the molecule is CCCCn1cc(Cn2c(=O)c(C)cn(C3CC(O)C(CO)S3)c2=O)nn1. The molecule has 0 radical (unpaired) electrons. The minimum absolute atomic E-state index is 0.0504. The van der Waals surface area contributed by atoms with Crippen molar-refractivity contribution in [3.05, 3.63) is 44.5 Å². The zero-order chi connectivity index (χ0) is 19.6. The summed E-state index contributed by atoms with van der Waals surface area (Å²) in [5, 5.41) is 26.8. The molecule has 2 N–H and O–H groups in total. The van der Waals surface area contributed by atoms with Crippen LogP contribution in [-0.2, 0) is 13.1 Å². The average Bonchev–Trinajstić information content (AvgIpc) is 3.26. The Labute approximate surface area is 160 Å². The van der Waals surface area contributed by atoms with Crippen LogP contribution in [0.4, 0.5) is 0 Å². The molecule has 27 heavy (non-hydrogen) atoms. The molecule has 0 amide bonds. The minimum Gasteiger partial charge on any atom is -0.395 e. The Kier molecular flexibility index (Phi) is 6.18. The molecular formula is C17H25N5O4S. The molecule has 0 saturated carbocycles. The second-order valence-electron chi connectivity index (χ2n) is 6.83. The van der Waals surface area contributed by atoms with Gasteiger partial charge in [-0.2, -0.15) is 0 Å². The second kappa shape index (κ2) is 8.41. The highest BCUT2D eigenvalue weighted by atomic mass is 32.2. The van der Waals surface area contributed by atoms with Gasteiger partial charge in [-0.05, 0) is 13.3 Å². The molecule has 1 aliphatic rings. The van der Waals surface area contributed by atoms with E-state index < -0.39 is 11.8 Å². The highest BCUT2D eigenvalue weighted by molar-refractivity contribution is 8.00. The van der Waals surface area contributed by atoms with Gasteiger partial charge in [-0.15, -0.1) is 16.9 Å². The number of aliphatic hydroxyl groups excluding tert-OH is 2. The fraction of sp³-hybridized carbons (Fsp3) is 0.647. The Morgan fingerprint density at radius 1 is 1.33 bits per heavy atom. The van der Waals surface area contributed by atoms with Gasteiger partial charge in [0.25, 0.3) is 5.56 Å². The third-order valence-corrected chi connectivity index (χ3v) is 6.25. The van der Waals surface area contributed by atoms with Crippen LogP contribution >= 0.6 is 11.8 Å². The van der Waals surface area contributed by atoms with Crippen molar-refractivity contribution in [1.29, 1.82) is 0 Å². The zero-order valence-corrected chi connectivity index (χ0v) is 16.3. The Hall–Kier alpha value is -1.91. The smallest absolute Gasteiger partial charge is 0.332 e. The summed E-state index contributed by atoms with van der Waals surface area (Å²) in [6.45, 7) is 4.39. The van der Waals surface area contributed by atoms with E-state index >= 15 is 0 Å². The molecule has 3 atom stereocenters. The summed E-state index contributed by atoms with van der Waals surface area (Å²) in [5.74, 6) is 0. The molecule has 0 aliphatic carbocycles. The third-order valence-electron chi connectivity index (χ3n) is 4.71. The number of rotatable bonds is 7. The number of hydrogen-bond acceptors (Lipinski definition) is 7. The molecule has 0 bridgehead atoms. The quantitative estimate of drug-likeness (QED) is 0.684. The molecule has 3 rings (SSSR count). The zero-order valence-electron chi connectivity index (χ0n) is 15.5. The number of aromatic nitrogens is 5. The van der Waals surface area contributed by atoms with Crippen molar-refractivity contribution in [2.45, 2.75) is 62.9 Å². The summed E-state index contributed by atoms with van der Waals surface area (Å²) in [4.78, 5) is 25.5. The van der Waals surface area contributed by atoms with Crippen LogP contribution in [0.2, 0.25) is 0 Å². The molecule has 3 unspecified atom stereocenters. The monoisotopic (exact) mass is 395 g/mol. The first-order chi connectivity index (χ1) is 12.9. The highest BCUT2D eigenvalue weighted by Crippen LogP contribution is 2.40. The van der Waals surface area contributed by atoms with Crippen LogP contribution in [0.3, 0.4) is 0 Å². The summed E-state index contributed by atoms with van der Waals surface area (Å²) in [6, 6.07) is 0. The van der Waals surface area contributed by atoms with Crippen molar-refractivity contribution in [3.8, 4) is 0 Å². The highest BCUT2D eigenvalue weighted by Gasteiger charge is 2.35. The van der Waals surface area contributed by atoms with E-state index in [2.05, 4.69) is 17.2 Å². The minimum atomic E-state index is -0.684. The van der Waals surface area contributed by atoms with Gasteiger partial charge in [-0.25, -0.2) is 4.79 Å². The van der Waals surface area contributed by atoms with Gasteiger partial charge in [0, 0.05) is 24.7 Å². The lowest BCUT2D eigenvalue weighted by molar-refractivity contribution is 0.137. The van der Waals surface area contributed by atoms with Gasteiger partial charge in [-0.3, -0.25) is 18.6 Å². The summed E-state index contributed by atoms with van der Waals surface area (Å²) in [7, 11) is 0. The molecule has 9 nitrogen and oxygen atoms in total. The first-order valence-corrected chi connectivity index (χ1v) is 10.0. The maximum atomic E-state index is 12.9. The molecule has 148 valence electrons. The fourth-order valence-electron chi connectivity index (χ4n) is 3.16. The molecule has 1 fully saturated rings. The molecule has 1 aliphatic heterocycles. The number of nitrogens with zero attached hydrogens (tertiary/aromatic N) is 5. The van der Waals surface area contributed by atoms with Crippen LogP contribution in [0, 0.1) is 6.92 Å². The van der Waals surface area contributed by atoms with Crippen molar-refractivity contribution in [1.82, 2.24) is 24.1 Å². The largest absolute Gasteiger partial charge is 0.395 e. The van der Waals surface area contributed by atoms with E-state index in [4.69, 9.17) is 0 Å². The predicted octanol–water partition coefficient (Wildman–Crippen LogP) is 0.116. The first-order valence-electron chi connectivity index (χ1n) is 9.10. The van der Waals surface area contributed by atoms with Crippen molar-refractivity contribution < 1.29 is 10.2 Å². The van der Waals surface area contributed by atoms with Gasteiger partial charge in [-0.1, -0.05) is 18.6 Å². The fourth-order valence-corrected chi connectivity index (χ4v) is 4.53. The van der Waals surface area contributed by atoms with Gasteiger partial charge in [0.15, 0.2) is 0 Å². The molecule has 2 aromatic rings. The van der Waals surface area contributed by atoms with Crippen LogP contribution in [0.5, 0.6) is 0 Å². The van der Waals surface area contributed by atoms with Crippen LogP contribution < -0.4 is 11.2 Å². The summed E-state index contributed by atoms with van der Waals surface area (Å²) < 4.78 is 4.34. The van der Waals surface area contributed by atoms with E-state index in [0.29, 0.717) is 17.7 Å². The Balaban J connectivity index is 1.90. The Bertz CT molecular complexity index is 905. The van der Waals surface area contributed by atoms with Crippen molar-refractivity contribution in [2.24, 2.45) is 0 Å². The Morgan fingerprint density at radius 3 is 2.78 bits per heavy atom. The number of aliphatic hydroxyl groups is 2. The maximum absolute atomic E-state index is 12.9. The average molecular weight is 395 g/mol. The Morgan fingerprint density at radius 2 is 2.11 bits per heavy atom. The number of aryl methyl sites for hydroxylation is 2. The van der Waals surface area contributed by atoms with E-state index in [1.165, 1.54) is 22.5 Å². The van der Waals surface area contributed by atoms with Crippen LogP contribution in [0.1, 0.15) is 42.8 Å². The molecular weight excluding hydrogens is 370 g/mol. The topological polar surface area (TPSA) is 115 Å². The number of hydrogen-bond donors (Lipinski definition) is 2. The third kappa shape index (κ3) is 4.17. The second-order valence-corrected chi connectivity index (χ2v) is 8.26. The summed E-state index contributed by atoms with van der Waals surface area (Å²) in [6.07, 6.45) is 4.97. The lowest BCUT2D eigenvalue weighted by Gasteiger charge is -2.16. The number of unbranched alkanes of at least 4 members (excludes halogenated alkanes) is 1. The normalized spacial score (nSPS) is 22.4. The van der Waals surface area contributed by atoms with E-state index in [9.17, 15) is 19.8 Å². The van der Waals surface area contributed by atoms with E-state index in [0.717, 1.165) is 24.0 Å². The van der Waals surface area contributed by atoms with Crippen molar-refractivity contribution >= 4 is 11.8 Å². The van der Waals surface area contributed by atoms with Crippen molar-refractivity contribution in [2.75, 3.05) is 6.61 Å². The van der Waals surface area contributed by atoms with Crippen LogP contribution in [-0.4, -0.2) is 52.3 Å². The molecule has 1 saturated heterocycles. The predicted molar refractivity (Wildman–Crippen MR) is 102 cm³/mol. The molecule has 0 aromatic carbocycles. The van der Waals surface area contributed by atoms with E-state index in [-0.39, 0.29) is 29.3 Å². The maximum Gasteiger partial charge on any atom is 0.332 e. The first kappa shape index (κ1) is 19.8. The standard InChI is InChI=1S/C17H25N5O4S/c1-3-4-5-20-8-12(18-19-20)9-22-16(25)11(2)7-21(17(22)26)15-6-13(24)14(10-23)27-15/h7-8,13-15,23-24H,3-6,9-10H2,1-2H3. The van der Waals surface area contributed by atoms with Crippen LogP contribution in [0.25, 0.3) is 0 Å². The van der Waals surface area contributed by atoms with Gasteiger partial charge < -0.3 is 10.2 Å². The lowest BCUT2D eigenvalue weighted by Crippen LogP contribution is -2.41. The number of thioether (sulfide) groups is 1. The molecule has 2 aromatic heterocycles. The molecule has 10 heteroatoms. The van der Waals surface area contributed by atoms with Gasteiger partial charge in [0.05, 0.1) is 36.1 Å². The molecule has 0 spiro atoms. The lowest BCUT2D eigenvalue weighted by atomic mass is 10.2. The molecule has 3 heterocycles. The van der Waals surface area contributed by atoms with E-state index in [1.807, 2.05) is 0 Å². The van der Waals surface area contributed by atoms with Crippen LogP contribution in [0.15, 0.2) is 22.0 Å². The van der Waals surface area contributed by atoms with Gasteiger partial charge in [0.2, 0.25) is 0 Å². The van der Waals surface area contributed by atoms with Crippen molar-refractivity contribution in [3.63, 3.8) is 0 Å². The van der Waals surface area contributed by atoms with Gasteiger partial charge >= 0.3 is 5.69 Å². The summed E-state index contributed by atoms with van der Waals surface area (Å²) >= 11 is 1.34.